The average Bonchev–Trinajstić information content (AvgIpc) is 2.90. The molecule has 1 aromatic heterocycles. The van der Waals surface area contributed by atoms with Crippen LogP contribution in [-0.4, -0.2) is 26.5 Å². The van der Waals surface area contributed by atoms with Gasteiger partial charge in [0.05, 0.1) is 15.8 Å². The van der Waals surface area contributed by atoms with Crippen LogP contribution in [0.25, 0.3) is 0 Å². The molecule has 1 aliphatic carbocycles. The second kappa shape index (κ2) is 4.78. The molecule has 2 atom stereocenters. The second-order valence-corrected chi connectivity index (χ2v) is 9.19. The summed E-state index contributed by atoms with van der Waals surface area (Å²) in [6.07, 6.45) is 3.00. The van der Waals surface area contributed by atoms with Gasteiger partial charge in [-0.1, -0.05) is 11.6 Å². The monoisotopic (exact) mass is 305 g/mol. The predicted molar refractivity (Wildman–Crippen MR) is 75.2 cm³/mol. The highest BCUT2D eigenvalue weighted by Gasteiger charge is 2.30. The maximum absolute atomic E-state index is 11.4. The molecular weight excluding hydrogens is 290 g/mol. The van der Waals surface area contributed by atoms with Gasteiger partial charge in [-0.25, -0.2) is 8.42 Å². The molecule has 0 amide bonds. The molecule has 1 N–H and O–H groups in total. The lowest BCUT2D eigenvalue weighted by atomic mass is 10.1. The molecule has 100 valence electrons. The van der Waals surface area contributed by atoms with E-state index in [1.54, 1.807) is 11.3 Å². The molecule has 2 unspecified atom stereocenters. The first kappa shape index (κ1) is 12.9. The van der Waals surface area contributed by atoms with Gasteiger partial charge in [0.1, 0.15) is 0 Å². The molecule has 3 nitrogen and oxygen atoms in total. The molecule has 2 heterocycles. The van der Waals surface area contributed by atoms with Crippen molar-refractivity contribution >= 4 is 32.8 Å². The number of rotatable bonds is 3. The van der Waals surface area contributed by atoms with Crippen LogP contribution >= 0.6 is 22.9 Å². The Morgan fingerprint density at radius 3 is 3.00 bits per heavy atom. The molecular formula is C12H16ClNO2S2. The van der Waals surface area contributed by atoms with Gasteiger partial charge in [0.25, 0.3) is 0 Å². The molecule has 0 aromatic carbocycles. The second-order valence-electron chi connectivity index (χ2n) is 5.20. The smallest absolute Gasteiger partial charge is 0.150 e. The summed E-state index contributed by atoms with van der Waals surface area (Å²) < 4.78 is 23.6. The Morgan fingerprint density at radius 1 is 1.44 bits per heavy atom. The number of aryl methyl sites for hydroxylation is 1. The number of fused-ring (bicyclic) bond motifs is 1. The van der Waals surface area contributed by atoms with Crippen LogP contribution in [0, 0.1) is 5.92 Å². The van der Waals surface area contributed by atoms with Crippen molar-refractivity contribution in [2.45, 2.75) is 25.3 Å². The number of thiophene rings is 1. The first-order valence-electron chi connectivity index (χ1n) is 6.25. The van der Waals surface area contributed by atoms with E-state index in [9.17, 15) is 8.42 Å². The molecule has 0 saturated carbocycles. The van der Waals surface area contributed by atoms with Crippen molar-refractivity contribution < 1.29 is 8.42 Å². The van der Waals surface area contributed by atoms with Crippen molar-refractivity contribution in [3.05, 3.63) is 20.8 Å². The Morgan fingerprint density at radius 2 is 2.28 bits per heavy atom. The number of halogens is 1. The first-order valence-corrected chi connectivity index (χ1v) is 9.27. The quantitative estimate of drug-likeness (QED) is 0.933. The van der Waals surface area contributed by atoms with Gasteiger partial charge in [0.15, 0.2) is 9.84 Å². The summed E-state index contributed by atoms with van der Waals surface area (Å²) in [5.41, 5.74) is 1.32. The normalized spacial score (nSPS) is 29.6. The van der Waals surface area contributed by atoms with Crippen molar-refractivity contribution in [2.75, 3.05) is 18.1 Å². The fraction of sp³-hybridized carbons (Fsp3) is 0.667. The summed E-state index contributed by atoms with van der Waals surface area (Å²) in [6, 6.07) is 2.42. The Labute approximate surface area is 116 Å². The summed E-state index contributed by atoms with van der Waals surface area (Å²) >= 11 is 7.69. The Kier molecular flexibility index (Phi) is 3.43. The van der Waals surface area contributed by atoms with Crippen molar-refractivity contribution in [2.24, 2.45) is 5.92 Å². The minimum Gasteiger partial charge on any atom is -0.310 e. The highest BCUT2D eigenvalue weighted by Crippen LogP contribution is 2.39. The van der Waals surface area contributed by atoms with E-state index in [-0.39, 0.29) is 5.92 Å². The Hall–Kier alpha value is -0.100. The third kappa shape index (κ3) is 2.59. The molecule has 3 rings (SSSR count). The van der Waals surface area contributed by atoms with Crippen LogP contribution in [-0.2, 0) is 16.3 Å². The predicted octanol–water partition coefficient (Wildman–Crippen LogP) is 2.41. The van der Waals surface area contributed by atoms with Gasteiger partial charge >= 0.3 is 0 Å². The van der Waals surface area contributed by atoms with E-state index in [4.69, 9.17) is 11.6 Å². The maximum atomic E-state index is 11.4. The minimum absolute atomic E-state index is 0.285. The van der Waals surface area contributed by atoms with E-state index in [2.05, 4.69) is 11.4 Å². The minimum atomic E-state index is -2.76. The third-order valence-corrected chi connectivity index (χ3v) is 7.00. The number of nitrogens with one attached hydrogen (secondary N) is 1. The lowest BCUT2D eigenvalue weighted by Gasteiger charge is -2.15. The van der Waals surface area contributed by atoms with Crippen LogP contribution in [0.15, 0.2) is 6.07 Å². The molecule has 1 saturated heterocycles. The summed E-state index contributed by atoms with van der Waals surface area (Å²) in [4.78, 5) is 1.39. The first-order chi connectivity index (χ1) is 8.53. The van der Waals surface area contributed by atoms with Crippen molar-refractivity contribution in [3.63, 3.8) is 0 Å². The number of hydrogen-bond acceptors (Lipinski definition) is 4. The van der Waals surface area contributed by atoms with Crippen LogP contribution in [0.1, 0.15) is 29.3 Å². The Bertz CT molecular complexity index is 552. The summed E-state index contributed by atoms with van der Waals surface area (Å²) in [7, 11) is -2.76. The molecule has 1 aromatic rings. The van der Waals surface area contributed by atoms with Crippen LogP contribution < -0.4 is 5.32 Å². The maximum Gasteiger partial charge on any atom is 0.150 e. The van der Waals surface area contributed by atoms with E-state index >= 15 is 0 Å². The largest absolute Gasteiger partial charge is 0.310 e. The number of sulfone groups is 1. The van der Waals surface area contributed by atoms with Gasteiger partial charge in [-0.05, 0) is 43.4 Å². The van der Waals surface area contributed by atoms with Gasteiger partial charge < -0.3 is 5.32 Å². The fourth-order valence-electron chi connectivity index (χ4n) is 2.88. The molecule has 2 aliphatic rings. The third-order valence-electron chi connectivity index (χ3n) is 3.83. The van der Waals surface area contributed by atoms with E-state index < -0.39 is 9.84 Å². The van der Waals surface area contributed by atoms with Gasteiger partial charge in [-0.2, -0.15) is 0 Å². The summed E-state index contributed by atoms with van der Waals surface area (Å²) in [5, 5.41) is 3.51. The van der Waals surface area contributed by atoms with E-state index in [1.165, 1.54) is 10.4 Å². The van der Waals surface area contributed by atoms with Gasteiger partial charge in [-0.15, -0.1) is 11.3 Å². The van der Waals surface area contributed by atoms with Crippen LogP contribution in [0.4, 0.5) is 0 Å². The standard InChI is InChI=1S/C12H16ClNO2S2/c13-12-5-9-10(1-2-11(9)17-12)14-6-8-3-4-18(15,16)7-8/h5,8,10,14H,1-4,6-7H2. The van der Waals surface area contributed by atoms with Gasteiger partial charge in [0, 0.05) is 10.9 Å². The zero-order valence-electron chi connectivity index (χ0n) is 9.99. The van der Waals surface area contributed by atoms with Crippen molar-refractivity contribution in [3.8, 4) is 0 Å². The fourth-order valence-corrected chi connectivity index (χ4v) is 6.10. The molecule has 0 bridgehead atoms. The molecule has 1 aliphatic heterocycles. The highest BCUT2D eigenvalue weighted by molar-refractivity contribution is 7.91. The van der Waals surface area contributed by atoms with E-state index in [0.717, 1.165) is 30.1 Å². The van der Waals surface area contributed by atoms with Gasteiger partial charge in [-0.3, -0.25) is 0 Å². The Balaban J connectivity index is 1.59. The lowest BCUT2D eigenvalue weighted by molar-refractivity contribution is 0.456. The van der Waals surface area contributed by atoms with E-state index in [1.807, 2.05) is 0 Å². The summed E-state index contributed by atoms with van der Waals surface area (Å²) in [5.74, 6) is 0.997. The molecule has 1 fully saturated rings. The van der Waals surface area contributed by atoms with Crippen molar-refractivity contribution in [1.82, 2.24) is 5.32 Å². The zero-order chi connectivity index (χ0) is 12.8. The number of hydrogen-bond donors (Lipinski definition) is 1. The van der Waals surface area contributed by atoms with Gasteiger partial charge in [0.2, 0.25) is 0 Å². The average molecular weight is 306 g/mol. The van der Waals surface area contributed by atoms with Crippen LogP contribution in [0.5, 0.6) is 0 Å². The molecule has 0 spiro atoms. The topological polar surface area (TPSA) is 46.2 Å². The lowest BCUT2D eigenvalue weighted by Crippen LogP contribution is -2.26. The van der Waals surface area contributed by atoms with E-state index in [0.29, 0.717) is 17.5 Å². The summed E-state index contributed by atoms with van der Waals surface area (Å²) in [6.45, 7) is 0.802. The SMILES string of the molecule is O=S1(=O)CCC(CNC2CCc3sc(Cl)cc32)C1. The zero-order valence-corrected chi connectivity index (χ0v) is 12.4. The van der Waals surface area contributed by atoms with Crippen molar-refractivity contribution in [1.29, 1.82) is 0 Å². The highest BCUT2D eigenvalue weighted by atomic mass is 35.5. The van der Waals surface area contributed by atoms with Crippen LogP contribution in [0.3, 0.4) is 0 Å². The molecule has 0 radical (unpaired) electrons. The van der Waals surface area contributed by atoms with Crippen LogP contribution in [0.2, 0.25) is 4.34 Å². The molecule has 18 heavy (non-hydrogen) atoms. The molecule has 6 heteroatoms.